The van der Waals surface area contributed by atoms with Crippen molar-refractivity contribution in [1.82, 2.24) is 0 Å². The van der Waals surface area contributed by atoms with Crippen LogP contribution in [-0.2, 0) is 38.1 Å². The minimum Gasteiger partial charge on any atom is -0.463 e. The Hall–Kier alpha value is -16.4. The molecule has 0 radical (unpaired) electrons. The van der Waals surface area contributed by atoms with Crippen molar-refractivity contribution in [3.05, 3.63) is 483 Å². The van der Waals surface area contributed by atoms with Gasteiger partial charge in [-0.2, -0.15) is 0 Å². The normalized spacial score (nSPS) is 10.8. The van der Waals surface area contributed by atoms with Gasteiger partial charge in [0.2, 0.25) is 0 Å². The average molecular weight is 1680 g/mol. The molecule has 0 bridgehead atoms. The van der Waals surface area contributed by atoms with Gasteiger partial charge < -0.3 is 38.5 Å². The Morgan fingerprint density at radius 3 is 0.414 bits per heavy atom. The Morgan fingerprint density at radius 1 is 0.172 bits per heavy atom. The van der Waals surface area contributed by atoms with E-state index in [0.29, 0.717) is 26.4 Å². The molecule has 0 saturated carbocycles. The van der Waals surface area contributed by atoms with Crippen LogP contribution in [0.25, 0.3) is 68.8 Å². The second-order valence-electron chi connectivity index (χ2n) is 29.0. The summed E-state index contributed by atoms with van der Waals surface area (Å²) < 4.78 is 19.7. The molecule has 632 valence electrons. The maximum atomic E-state index is 11.5. The van der Waals surface area contributed by atoms with E-state index in [1.165, 1.54) is 24.3 Å². The number of nitrogens with zero attached hydrogens (tertiary/aromatic N) is 4. The van der Waals surface area contributed by atoms with E-state index in [0.717, 1.165) is 135 Å². The van der Waals surface area contributed by atoms with Gasteiger partial charge in [-0.05, 0) is 264 Å². The third-order valence-corrected chi connectivity index (χ3v) is 20.4. The zero-order valence-electron chi connectivity index (χ0n) is 72.1. The Labute approximate surface area is 751 Å². The summed E-state index contributed by atoms with van der Waals surface area (Å²) in [5.41, 5.74) is 26.2. The standard InChI is InChI=1S/4C29H25NO2/c4*1-2-32-29(31)22-15-23-13-16-24(17-14-23)25-18-20-28(21-19-25)30(26-9-5-3-6-10-26)27-11-7-4-8-12-27/h4*3-22H,2H2,1H3/b4*22-15+. The second kappa shape index (κ2) is 47.3. The van der Waals surface area contributed by atoms with Crippen molar-refractivity contribution in [3.63, 3.8) is 0 Å². The minimum atomic E-state index is -0.325. The van der Waals surface area contributed by atoms with E-state index >= 15 is 0 Å². The zero-order chi connectivity index (χ0) is 88.7. The molecule has 0 atom stereocenters. The Morgan fingerprint density at radius 2 is 0.289 bits per heavy atom. The van der Waals surface area contributed by atoms with Crippen molar-refractivity contribution in [3.8, 4) is 44.5 Å². The van der Waals surface area contributed by atoms with Crippen molar-refractivity contribution in [2.75, 3.05) is 46.0 Å². The lowest BCUT2D eigenvalue weighted by Gasteiger charge is -2.25. The highest BCUT2D eigenvalue weighted by Gasteiger charge is 2.18. The molecular weight excluding hydrogens is 1580 g/mol. The van der Waals surface area contributed by atoms with Crippen LogP contribution in [0.15, 0.2) is 461 Å². The van der Waals surface area contributed by atoms with Gasteiger partial charge in [0.05, 0.1) is 26.4 Å². The van der Waals surface area contributed by atoms with E-state index in [-0.39, 0.29) is 23.9 Å². The van der Waals surface area contributed by atoms with Crippen LogP contribution >= 0.6 is 0 Å². The number of ether oxygens (including phenoxy) is 4. The minimum absolute atomic E-state index is 0.325. The van der Waals surface area contributed by atoms with Gasteiger partial charge >= 0.3 is 23.9 Å². The SMILES string of the molecule is CCOC(=O)/C=C/c1ccc(-c2ccc(N(c3ccccc3)c3ccccc3)cc2)cc1.CCOC(=O)/C=C/c1ccc(-c2ccc(N(c3ccccc3)c3ccccc3)cc2)cc1.CCOC(=O)/C=C/c1ccc(-c2ccc(N(c3ccccc3)c3ccccc3)cc2)cc1.CCOC(=O)/C=C/c1ccc(-c2ccc(N(c3ccccc3)c3ccccc3)cc2)cc1. The lowest BCUT2D eigenvalue weighted by atomic mass is 10.0. The van der Waals surface area contributed by atoms with Gasteiger partial charge in [0.25, 0.3) is 0 Å². The number of anilines is 12. The highest BCUT2D eigenvalue weighted by Crippen LogP contribution is 2.41. The van der Waals surface area contributed by atoms with Gasteiger partial charge in [0.15, 0.2) is 0 Å². The largest absolute Gasteiger partial charge is 0.463 e. The number of esters is 4. The summed E-state index contributed by atoms with van der Waals surface area (Å²) in [4.78, 5) is 54.9. The summed E-state index contributed by atoms with van der Waals surface area (Å²) in [5, 5.41) is 0. The molecule has 12 heteroatoms. The molecule has 12 nitrogen and oxygen atoms in total. The van der Waals surface area contributed by atoms with E-state index in [4.69, 9.17) is 18.9 Å². The molecule has 0 aliphatic heterocycles. The fourth-order valence-corrected chi connectivity index (χ4v) is 14.2. The second-order valence-corrected chi connectivity index (χ2v) is 29.0. The molecular formula is C116H100N4O8. The summed E-state index contributed by atoms with van der Waals surface area (Å²) in [6.45, 7) is 8.70. The number of para-hydroxylation sites is 8. The van der Waals surface area contributed by atoms with Crippen molar-refractivity contribution in [1.29, 1.82) is 0 Å². The predicted octanol–water partition coefficient (Wildman–Crippen LogP) is 29.6. The average Bonchev–Trinajstić information content (AvgIpc) is 0.818. The summed E-state index contributed by atoms with van der Waals surface area (Å²) in [7, 11) is 0. The fourth-order valence-electron chi connectivity index (χ4n) is 14.2. The first-order chi connectivity index (χ1) is 63.0. The molecule has 0 aromatic heterocycles. The van der Waals surface area contributed by atoms with Gasteiger partial charge in [-0.3, -0.25) is 0 Å². The lowest BCUT2D eigenvalue weighted by molar-refractivity contribution is -0.138. The van der Waals surface area contributed by atoms with Gasteiger partial charge in [0, 0.05) is 92.6 Å². The topological polar surface area (TPSA) is 118 Å². The van der Waals surface area contributed by atoms with E-state index in [1.54, 1.807) is 52.0 Å². The van der Waals surface area contributed by atoms with Crippen molar-refractivity contribution >= 4 is 116 Å². The first-order valence-corrected chi connectivity index (χ1v) is 42.8. The summed E-state index contributed by atoms with van der Waals surface area (Å²) in [6.07, 6.45) is 12.9. The maximum absolute atomic E-state index is 11.5. The molecule has 0 heterocycles. The Balaban J connectivity index is 0.000000146. The summed E-state index contributed by atoms with van der Waals surface area (Å²) in [6, 6.07) is 150. The van der Waals surface area contributed by atoms with Crippen LogP contribution in [0.2, 0.25) is 0 Å². The van der Waals surface area contributed by atoms with Gasteiger partial charge in [-0.25, -0.2) is 19.2 Å². The van der Waals surface area contributed by atoms with Crippen LogP contribution in [0, 0.1) is 0 Å². The van der Waals surface area contributed by atoms with E-state index in [9.17, 15) is 19.2 Å². The molecule has 128 heavy (non-hydrogen) atoms. The first kappa shape index (κ1) is 89.3. The maximum Gasteiger partial charge on any atom is 0.330 e. The Kier molecular flexibility index (Phi) is 33.0. The summed E-state index contributed by atoms with van der Waals surface area (Å²) >= 11 is 0. The van der Waals surface area contributed by atoms with Crippen molar-refractivity contribution < 1.29 is 38.1 Å². The van der Waals surface area contributed by atoms with Crippen LogP contribution in [0.1, 0.15) is 49.9 Å². The number of hydrogen-bond acceptors (Lipinski definition) is 12. The molecule has 0 fully saturated rings. The van der Waals surface area contributed by atoms with Crippen molar-refractivity contribution in [2.45, 2.75) is 27.7 Å². The number of hydrogen-bond donors (Lipinski definition) is 0. The van der Waals surface area contributed by atoms with Crippen LogP contribution in [0.3, 0.4) is 0 Å². The molecule has 16 aromatic carbocycles. The molecule has 0 amide bonds. The molecule has 0 unspecified atom stereocenters. The quantitative estimate of drug-likeness (QED) is 0.0264. The molecule has 0 N–H and O–H groups in total. The van der Waals surface area contributed by atoms with E-state index in [2.05, 4.69) is 359 Å². The summed E-state index contributed by atoms with van der Waals surface area (Å²) in [5.74, 6) is -1.30. The number of rotatable bonds is 28. The van der Waals surface area contributed by atoms with Crippen molar-refractivity contribution in [2.24, 2.45) is 0 Å². The molecule has 0 aliphatic rings. The highest BCUT2D eigenvalue weighted by molar-refractivity contribution is 5.91. The molecule has 16 rings (SSSR count). The number of carbonyl (C=O) groups is 4. The van der Waals surface area contributed by atoms with Crippen LogP contribution in [0.4, 0.5) is 68.2 Å². The third-order valence-electron chi connectivity index (χ3n) is 20.4. The molecule has 16 aromatic rings. The van der Waals surface area contributed by atoms with Gasteiger partial charge in [-0.1, -0.05) is 291 Å². The predicted molar refractivity (Wildman–Crippen MR) is 529 cm³/mol. The van der Waals surface area contributed by atoms with E-state index in [1.807, 2.05) is 97.1 Å². The fraction of sp³-hybridized carbons (Fsp3) is 0.0690. The third kappa shape index (κ3) is 25.8. The van der Waals surface area contributed by atoms with E-state index < -0.39 is 0 Å². The van der Waals surface area contributed by atoms with Crippen LogP contribution in [0.5, 0.6) is 0 Å². The molecule has 0 aliphatic carbocycles. The van der Waals surface area contributed by atoms with Crippen LogP contribution < -0.4 is 19.6 Å². The highest BCUT2D eigenvalue weighted by atomic mass is 16.5. The van der Waals surface area contributed by atoms with Gasteiger partial charge in [0.1, 0.15) is 0 Å². The number of benzene rings is 16. The molecule has 0 spiro atoms. The zero-order valence-corrected chi connectivity index (χ0v) is 72.1. The first-order valence-electron chi connectivity index (χ1n) is 42.8. The smallest absolute Gasteiger partial charge is 0.330 e. The monoisotopic (exact) mass is 1680 g/mol. The van der Waals surface area contributed by atoms with Gasteiger partial charge in [-0.15, -0.1) is 0 Å². The molecule has 0 saturated heterocycles. The Bertz CT molecular complexity index is 5280. The lowest BCUT2D eigenvalue weighted by Crippen LogP contribution is -2.09. The number of carbonyl (C=O) groups excluding carboxylic acids is 4. The van der Waals surface area contributed by atoms with Crippen LogP contribution in [-0.4, -0.2) is 50.3 Å².